The summed E-state index contributed by atoms with van der Waals surface area (Å²) in [6.45, 7) is 3.50. The Morgan fingerprint density at radius 1 is 1.21 bits per heavy atom. The van der Waals surface area contributed by atoms with Crippen LogP contribution in [-0.2, 0) is 0 Å². The molecule has 3 nitrogen and oxygen atoms in total. The van der Waals surface area contributed by atoms with E-state index in [9.17, 15) is 0 Å². The molecule has 2 rings (SSSR count). The first-order valence-electron chi connectivity index (χ1n) is 7.01. The van der Waals surface area contributed by atoms with E-state index in [0.29, 0.717) is 12.6 Å². The predicted molar refractivity (Wildman–Crippen MR) is 81.6 cm³/mol. The number of aliphatic hydroxyl groups excluding tert-OH is 1. The molecule has 1 aromatic heterocycles. The van der Waals surface area contributed by atoms with E-state index in [0.717, 1.165) is 36.3 Å². The number of thiazole rings is 1. The van der Waals surface area contributed by atoms with Crippen LogP contribution in [0, 0.1) is 0 Å². The summed E-state index contributed by atoms with van der Waals surface area (Å²) < 4.78 is 1.26. The van der Waals surface area contributed by atoms with Gasteiger partial charge in [0.25, 0.3) is 0 Å². The van der Waals surface area contributed by atoms with Crippen LogP contribution >= 0.6 is 11.3 Å². The van der Waals surface area contributed by atoms with Gasteiger partial charge >= 0.3 is 0 Å². The predicted octanol–water partition coefficient (Wildman–Crippen LogP) is 3.50. The number of nitrogens with one attached hydrogen (secondary N) is 1. The van der Waals surface area contributed by atoms with Gasteiger partial charge in [0.05, 0.1) is 16.3 Å². The zero-order chi connectivity index (χ0) is 13.5. The first-order chi connectivity index (χ1) is 9.31. The average Bonchev–Trinajstić information content (AvgIpc) is 2.86. The van der Waals surface area contributed by atoms with Crippen LogP contribution in [0.3, 0.4) is 0 Å². The Morgan fingerprint density at radius 3 is 2.79 bits per heavy atom. The summed E-state index contributed by atoms with van der Waals surface area (Å²) in [5.74, 6) is 0. The number of para-hydroxylation sites is 1. The molecule has 0 aliphatic carbocycles. The number of nitrogens with zero attached hydrogens (tertiary/aromatic N) is 1. The van der Waals surface area contributed by atoms with Gasteiger partial charge < -0.3 is 10.4 Å². The lowest BCUT2D eigenvalue weighted by Crippen LogP contribution is -2.19. The van der Waals surface area contributed by atoms with Gasteiger partial charge in [0.15, 0.2) is 0 Å². The number of aromatic nitrogens is 1. The summed E-state index contributed by atoms with van der Waals surface area (Å²) in [5.41, 5.74) is 1.10. The normalized spacial score (nSPS) is 12.9. The molecule has 4 heteroatoms. The van der Waals surface area contributed by atoms with Crippen LogP contribution in [-0.4, -0.2) is 23.2 Å². The third kappa shape index (κ3) is 4.27. The topological polar surface area (TPSA) is 45.1 Å². The minimum Gasteiger partial charge on any atom is -0.396 e. The Morgan fingerprint density at radius 2 is 2.00 bits per heavy atom. The van der Waals surface area contributed by atoms with Crippen LogP contribution in [0.25, 0.3) is 10.2 Å². The smallest absolute Gasteiger partial charge is 0.111 e. The molecule has 0 fully saturated rings. The molecule has 2 N–H and O–H groups in total. The van der Waals surface area contributed by atoms with Crippen molar-refractivity contribution >= 4 is 21.6 Å². The Balaban J connectivity index is 1.78. The summed E-state index contributed by atoms with van der Waals surface area (Å²) in [5, 5.41) is 13.4. The van der Waals surface area contributed by atoms with Gasteiger partial charge in [-0.05, 0) is 38.4 Å². The van der Waals surface area contributed by atoms with Gasteiger partial charge in [-0.1, -0.05) is 25.0 Å². The number of hydrogen-bond acceptors (Lipinski definition) is 4. The highest BCUT2D eigenvalue weighted by atomic mass is 32.1. The second kappa shape index (κ2) is 7.58. The second-order valence-electron chi connectivity index (χ2n) is 4.83. The van der Waals surface area contributed by atoms with E-state index in [2.05, 4.69) is 35.4 Å². The lowest BCUT2D eigenvalue weighted by atomic mass is 10.2. The Labute approximate surface area is 118 Å². The first-order valence-corrected chi connectivity index (χ1v) is 7.82. The van der Waals surface area contributed by atoms with Crippen molar-refractivity contribution in [2.24, 2.45) is 0 Å². The Bertz CT molecular complexity index is 465. The lowest BCUT2D eigenvalue weighted by molar-refractivity contribution is 0.282. The summed E-state index contributed by atoms with van der Waals surface area (Å²) in [4.78, 5) is 4.66. The van der Waals surface area contributed by atoms with E-state index >= 15 is 0 Å². The highest BCUT2D eigenvalue weighted by molar-refractivity contribution is 7.18. The van der Waals surface area contributed by atoms with Crippen molar-refractivity contribution in [2.45, 2.75) is 38.6 Å². The van der Waals surface area contributed by atoms with E-state index in [1.165, 1.54) is 11.1 Å². The van der Waals surface area contributed by atoms with Crippen molar-refractivity contribution in [2.75, 3.05) is 13.2 Å². The standard InChI is InChI=1S/C15H22N2OS/c1-12(16-10-6-2-3-7-11-18)15-17-13-8-4-5-9-14(13)19-15/h4-5,8-9,12,16,18H,2-3,6-7,10-11H2,1H3. The zero-order valence-electron chi connectivity index (χ0n) is 11.4. The molecule has 2 aromatic rings. The van der Waals surface area contributed by atoms with Crippen LogP contribution in [0.2, 0.25) is 0 Å². The quantitative estimate of drug-likeness (QED) is 0.726. The third-order valence-electron chi connectivity index (χ3n) is 3.22. The molecule has 0 bridgehead atoms. The van der Waals surface area contributed by atoms with Crippen LogP contribution in [0.5, 0.6) is 0 Å². The van der Waals surface area contributed by atoms with Crippen LogP contribution in [0.1, 0.15) is 43.7 Å². The molecule has 0 amide bonds. The first kappa shape index (κ1) is 14.4. The summed E-state index contributed by atoms with van der Waals surface area (Å²) in [6.07, 6.45) is 4.39. The number of aliphatic hydroxyl groups is 1. The molecule has 0 saturated heterocycles. The van der Waals surface area contributed by atoms with Crippen molar-refractivity contribution in [3.8, 4) is 0 Å². The monoisotopic (exact) mass is 278 g/mol. The van der Waals surface area contributed by atoms with Crippen molar-refractivity contribution in [3.63, 3.8) is 0 Å². The second-order valence-corrected chi connectivity index (χ2v) is 5.90. The summed E-state index contributed by atoms with van der Waals surface area (Å²) >= 11 is 1.77. The van der Waals surface area contributed by atoms with E-state index < -0.39 is 0 Å². The van der Waals surface area contributed by atoms with Gasteiger partial charge in [-0.15, -0.1) is 11.3 Å². The van der Waals surface area contributed by atoms with Crippen LogP contribution in [0.4, 0.5) is 0 Å². The van der Waals surface area contributed by atoms with Gasteiger partial charge in [-0.3, -0.25) is 0 Å². The van der Waals surface area contributed by atoms with Crippen molar-refractivity contribution in [1.82, 2.24) is 10.3 Å². The van der Waals surface area contributed by atoms with Gasteiger partial charge in [-0.2, -0.15) is 0 Å². The number of benzene rings is 1. The van der Waals surface area contributed by atoms with Crippen molar-refractivity contribution < 1.29 is 5.11 Å². The molecule has 19 heavy (non-hydrogen) atoms. The van der Waals surface area contributed by atoms with Crippen molar-refractivity contribution in [1.29, 1.82) is 0 Å². The molecule has 0 radical (unpaired) electrons. The van der Waals surface area contributed by atoms with Gasteiger partial charge in [0.1, 0.15) is 5.01 Å². The van der Waals surface area contributed by atoms with E-state index in [4.69, 9.17) is 5.11 Å². The summed E-state index contributed by atoms with van der Waals surface area (Å²) in [7, 11) is 0. The van der Waals surface area contributed by atoms with E-state index in [1.54, 1.807) is 11.3 Å². The van der Waals surface area contributed by atoms with Crippen LogP contribution < -0.4 is 5.32 Å². The van der Waals surface area contributed by atoms with Gasteiger partial charge in [0.2, 0.25) is 0 Å². The fraction of sp³-hybridized carbons (Fsp3) is 0.533. The lowest BCUT2D eigenvalue weighted by Gasteiger charge is -2.10. The molecule has 104 valence electrons. The molecule has 1 heterocycles. The molecule has 1 aromatic carbocycles. The third-order valence-corrected chi connectivity index (χ3v) is 4.44. The van der Waals surface area contributed by atoms with Gasteiger partial charge in [0, 0.05) is 6.61 Å². The van der Waals surface area contributed by atoms with E-state index in [1.807, 2.05) is 6.07 Å². The maximum Gasteiger partial charge on any atom is 0.111 e. The number of rotatable bonds is 8. The number of unbranched alkanes of at least 4 members (excludes halogenated alkanes) is 3. The molecule has 0 saturated carbocycles. The summed E-state index contributed by atoms with van der Waals surface area (Å²) in [6, 6.07) is 8.60. The highest BCUT2D eigenvalue weighted by Gasteiger charge is 2.10. The Kier molecular flexibility index (Phi) is 5.76. The molecule has 0 aliphatic heterocycles. The maximum absolute atomic E-state index is 8.71. The maximum atomic E-state index is 8.71. The molecule has 0 spiro atoms. The minimum absolute atomic E-state index is 0.315. The molecule has 1 atom stereocenters. The highest BCUT2D eigenvalue weighted by Crippen LogP contribution is 2.25. The Hall–Kier alpha value is -0.970. The number of fused-ring (bicyclic) bond motifs is 1. The molecule has 1 unspecified atom stereocenters. The molecular formula is C15H22N2OS. The van der Waals surface area contributed by atoms with Crippen LogP contribution in [0.15, 0.2) is 24.3 Å². The zero-order valence-corrected chi connectivity index (χ0v) is 12.2. The van der Waals surface area contributed by atoms with Gasteiger partial charge in [-0.25, -0.2) is 4.98 Å². The minimum atomic E-state index is 0.315. The SMILES string of the molecule is CC(NCCCCCCO)c1nc2ccccc2s1. The van der Waals surface area contributed by atoms with E-state index in [-0.39, 0.29) is 0 Å². The number of hydrogen-bond donors (Lipinski definition) is 2. The molecular weight excluding hydrogens is 256 g/mol. The fourth-order valence-electron chi connectivity index (χ4n) is 2.07. The van der Waals surface area contributed by atoms with Crippen molar-refractivity contribution in [3.05, 3.63) is 29.3 Å². The molecule has 0 aliphatic rings. The average molecular weight is 278 g/mol. The fourth-order valence-corrected chi connectivity index (χ4v) is 3.07. The largest absolute Gasteiger partial charge is 0.396 e.